The minimum atomic E-state index is -0.823. The second-order valence-electron chi connectivity index (χ2n) is 11.5. The molecule has 0 aliphatic carbocycles. The fraction of sp³-hybridized carbons (Fsp3) is 0.225. The molecule has 0 bridgehead atoms. The lowest BCUT2D eigenvalue weighted by Crippen LogP contribution is -2.39. The van der Waals surface area contributed by atoms with Crippen molar-refractivity contribution in [2.75, 3.05) is 48.1 Å². The fourth-order valence-electron chi connectivity index (χ4n) is 5.58. The van der Waals surface area contributed by atoms with Crippen LogP contribution in [0.3, 0.4) is 0 Å². The Morgan fingerprint density at radius 3 is 1.87 bits per heavy atom. The van der Waals surface area contributed by atoms with Crippen LogP contribution in [-0.2, 0) is 19.1 Å². The first-order chi connectivity index (χ1) is 25.7. The van der Waals surface area contributed by atoms with Crippen molar-refractivity contribution >= 4 is 51.6 Å². The smallest absolute Gasteiger partial charge is 0.336 e. The molecule has 5 aromatic rings. The average molecular weight is 762 g/mol. The highest BCUT2D eigenvalue weighted by atomic mass is 35.5. The molecule has 2 N–H and O–H groups in total. The van der Waals surface area contributed by atoms with Crippen molar-refractivity contribution < 1.29 is 37.7 Å². The predicted molar refractivity (Wildman–Crippen MR) is 204 cm³/mol. The van der Waals surface area contributed by atoms with Gasteiger partial charge in [-0.2, -0.15) is 0 Å². The van der Waals surface area contributed by atoms with Gasteiger partial charge in [-0.3, -0.25) is 9.59 Å². The number of carbonyl (C=O) groups excluding carboxylic acids is 2. The second-order valence-corrected chi connectivity index (χ2v) is 12.4. The Bertz CT molecular complexity index is 2170. The Hall–Kier alpha value is -5.33. The van der Waals surface area contributed by atoms with E-state index in [0.717, 1.165) is 22.3 Å². The van der Waals surface area contributed by atoms with Gasteiger partial charge in [0.25, 0.3) is 11.8 Å². The zero-order valence-electron chi connectivity index (χ0n) is 29.4. The number of nitrogens with one attached hydrogen (secondary N) is 2. The van der Waals surface area contributed by atoms with Crippen LogP contribution in [-0.4, -0.2) is 72.2 Å². The summed E-state index contributed by atoms with van der Waals surface area (Å²) in [5.41, 5.74) is 4.13. The quantitative estimate of drug-likeness (QED) is 0.136. The molecule has 53 heavy (non-hydrogen) atoms. The van der Waals surface area contributed by atoms with E-state index in [1.54, 1.807) is 37.4 Å². The maximum Gasteiger partial charge on any atom is 0.336 e. The van der Waals surface area contributed by atoms with Crippen molar-refractivity contribution in [2.45, 2.75) is 12.2 Å². The average Bonchev–Trinajstić information content (AvgIpc) is 3.17. The molecule has 2 atom stereocenters. The predicted octanol–water partition coefficient (Wildman–Crippen LogP) is 6.56. The number of hydrogen-bond donors (Lipinski definition) is 2. The first kappa shape index (κ1) is 38.9. The molecule has 4 aromatic carbocycles. The van der Waals surface area contributed by atoms with Crippen molar-refractivity contribution in [3.63, 3.8) is 0 Å². The van der Waals surface area contributed by atoms with Gasteiger partial charge in [0.1, 0.15) is 29.4 Å². The lowest BCUT2D eigenvalue weighted by Gasteiger charge is -2.22. The molecule has 13 heteroatoms. The van der Waals surface area contributed by atoms with Crippen LogP contribution < -0.4 is 30.5 Å². The Morgan fingerprint density at radius 2 is 1.28 bits per heavy atom. The maximum atomic E-state index is 12.0. The highest BCUT2D eigenvalue weighted by molar-refractivity contribution is 6.33. The number of fused-ring (bicyclic) bond motifs is 2. The molecule has 1 aliphatic rings. The Kier molecular flexibility index (Phi) is 13.5. The number of ether oxygens (including phenoxy) is 5. The number of benzene rings is 4. The summed E-state index contributed by atoms with van der Waals surface area (Å²) in [6.45, 7) is 0.678. The van der Waals surface area contributed by atoms with Gasteiger partial charge in [0.2, 0.25) is 0 Å². The maximum absolute atomic E-state index is 12.0. The van der Waals surface area contributed by atoms with Crippen LogP contribution >= 0.6 is 23.2 Å². The Morgan fingerprint density at radius 1 is 0.717 bits per heavy atom. The molecule has 11 nitrogen and oxygen atoms in total. The van der Waals surface area contributed by atoms with Gasteiger partial charge < -0.3 is 38.7 Å². The summed E-state index contributed by atoms with van der Waals surface area (Å²) in [5, 5.41) is 7.01. The molecule has 1 aliphatic heterocycles. The molecule has 0 saturated heterocycles. The van der Waals surface area contributed by atoms with E-state index in [-0.39, 0.29) is 25.0 Å². The number of hydrogen-bond acceptors (Lipinski definition) is 9. The van der Waals surface area contributed by atoms with Crippen LogP contribution in [0.15, 0.2) is 106 Å². The summed E-state index contributed by atoms with van der Waals surface area (Å²) in [5.74, 6) is 1.04. The SMILES string of the molecule is CNC(=O)C(COC)Oc1ccc2c(-c3ccccc3Cl)cc(=O)oc2c1.CNC(=O)C(COC)Oc1ccc2c(c1)OCC=C2c1ccccc1Cl. The zero-order valence-corrected chi connectivity index (χ0v) is 31.0. The van der Waals surface area contributed by atoms with E-state index in [1.807, 2.05) is 60.7 Å². The third kappa shape index (κ3) is 9.57. The normalized spacial score (nSPS) is 12.9. The van der Waals surface area contributed by atoms with E-state index in [4.69, 9.17) is 51.3 Å². The van der Waals surface area contributed by atoms with Crippen molar-refractivity contribution in [1.82, 2.24) is 10.6 Å². The van der Waals surface area contributed by atoms with Crippen molar-refractivity contribution in [3.05, 3.63) is 129 Å². The standard InChI is InChI=1S/C20H18ClNO5.C20H20ClNO4/c1-22-20(24)18(11-25-2)26-12-7-8-14-15(10-19(23)27-17(14)9-12)13-5-3-4-6-16(13)21;1-22-20(23)19(12-24-2)26-13-7-8-16-14(9-10-25-18(16)11-13)15-5-3-4-6-17(15)21/h3-10,18H,11H2,1-2H3,(H,22,24);3-9,11,19H,10,12H2,1-2H3,(H,22,23). The monoisotopic (exact) mass is 760 g/mol. The number of rotatable bonds is 12. The number of methoxy groups -OCH3 is 2. The molecule has 2 unspecified atom stereocenters. The van der Waals surface area contributed by atoms with Crippen LogP contribution in [0.5, 0.6) is 17.2 Å². The first-order valence-corrected chi connectivity index (χ1v) is 17.2. The second kappa shape index (κ2) is 18.4. The first-order valence-electron chi connectivity index (χ1n) is 16.5. The van der Waals surface area contributed by atoms with Crippen molar-refractivity contribution in [2.24, 2.45) is 0 Å². The summed E-state index contributed by atoms with van der Waals surface area (Å²) in [4.78, 5) is 35.8. The van der Waals surface area contributed by atoms with Crippen LogP contribution in [0.1, 0.15) is 11.1 Å². The molecule has 276 valence electrons. The van der Waals surface area contributed by atoms with Gasteiger partial charge in [0.15, 0.2) is 12.2 Å². The molecule has 1 aromatic heterocycles. The van der Waals surface area contributed by atoms with Crippen LogP contribution in [0.2, 0.25) is 10.0 Å². The highest BCUT2D eigenvalue weighted by Crippen LogP contribution is 2.39. The topological polar surface area (TPSA) is 135 Å². The van der Waals surface area contributed by atoms with Gasteiger partial charge in [0, 0.05) is 84.2 Å². The molecule has 6 rings (SSSR count). The number of halogens is 2. The van der Waals surface area contributed by atoms with Gasteiger partial charge in [-0.1, -0.05) is 59.6 Å². The Balaban J connectivity index is 0.000000204. The molecular weight excluding hydrogens is 723 g/mol. The van der Waals surface area contributed by atoms with E-state index in [0.29, 0.717) is 50.4 Å². The van der Waals surface area contributed by atoms with Gasteiger partial charge in [-0.15, -0.1) is 0 Å². The molecule has 2 amide bonds. The Labute approximate surface area is 316 Å². The molecule has 0 radical (unpaired) electrons. The minimum Gasteiger partial charge on any atom is -0.489 e. The summed E-state index contributed by atoms with van der Waals surface area (Å²) in [6, 6.07) is 26.9. The number of amides is 2. The van der Waals surface area contributed by atoms with Gasteiger partial charge in [-0.05, 0) is 48.0 Å². The summed E-state index contributed by atoms with van der Waals surface area (Å²) < 4.78 is 32.6. The molecule has 0 spiro atoms. The number of carbonyl (C=O) groups is 2. The molecule has 2 heterocycles. The minimum absolute atomic E-state index is 0.0846. The highest BCUT2D eigenvalue weighted by Gasteiger charge is 2.23. The van der Waals surface area contributed by atoms with Gasteiger partial charge >= 0.3 is 5.63 Å². The third-order valence-corrected chi connectivity index (χ3v) is 8.74. The fourth-order valence-corrected chi connectivity index (χ4v) is 6.05. The summed E-state index contributed by atoms with van der Waals surface area (Å²) in [6.07, 6.45) is 0.448. The molecular formula is C40H38Cl2N2O9. The van der Waals surface area contributed by atoms with Crippen LogP contribution in [0.25, 0.3) is 27.7 Å². The zero-order chi connectivity index (χ0) is 37.9. The lowest BCUT2D eigenvalue weighted by molar-refractivity contribution is -0.130. The molecule has 0 saturated carbocycles. The van der Waals surface area contributed by atoms with Gasteiger partial charge in [-0.25, -0.2) is 4.79 Å². The van der Waals surface area contributed by atoms with E-state index in [2.05, 4.69) is 10.6 Å². The largest absolute Gasteiger partial charge is 0.489 e. The summed E-state index contributed by atoms with van der Waals surface area (Å²) in [7, 11) is 6.08. The van der Waals surface area contributed by atoms with Crippen LogP contribution in [0, 0.1) is 0 Å². The van der Waals surface area contributed by atoms with Gasteiger partial charge in [0.05, 0.1) is 13.2 Å². The van der Waals surface area contributed by atoms with E-state index in [9.17, 15) is 14.4 Å². The van der Waals surface area contributed by atoms with Crippen LogP contribution in [0.4, 0.5) is 0 Å². The number of likely N-dealkylation sites (N-methyl/N-ethyl adjacent to an activating group) is 2. The molecule has 0 fully saturated rings. The van der Waals surface area contributed by atoms with E-state index < -0.39 is 17.8 Å². The lowest BCUT2D eigenvalue weighted by atomic mass is 9.95. The summed E-state index contributed by atoms with van der Waals surface area (Å²) >= 11 is 12.6. The third-order valence-electron chi connectivity index (χ3n) is 8.08. The van der Waals surface area contributed by atoms with E-state index in [1.165, 1.54) is 27.3 Å². The van der Waals surface area contributed by atoms with Crippen molar-refractivity contribution in [3.8, 4) is 28.4 Å². The van der Waals surface area contributed by atoms with E-state index >= 15 is 0 Å². The van der Waals surface area contributed by atoms with Crippen molar-refractivity contribution in [1.29, 1.82) is 0 Å².